The van der Waals surface area contributed by atoms with Crippen LogP contribution in [0.5, 0.6) is 5.75 Å². The zero-order valence-electron chi connectivity index (χ0n) is 32.5. The van der Waals surface area contributed by atoms with Crippen molar-refractivity contribution in [3.05, 3.63) is 104 Å². The monoisotopic (exact) mass is 800 g/mol. The van der Waals surface area contributed by atoms with E-state index in [4.69, 9.17) is 31.6 Å². The van der Waals surface area contributed by atoms with Crippen molar-refractivity contribution in [1.82, 2.24) is 35.0 Å². The second kappa shape index (κ2) is 15.3. The number of hydrogen-bond acceptors (Lipinski definition) is 11. The highest BCUT2D eigenvalue weighted by Gasteiger charge is 2.46. The van der Waals surface area contributed by atoms with Crippen LogP contribution in [0.3, 0.4) is 0 Å². The van der Waals surface area contributed by atoms with Gasteiger partial charge >= 0.3 is 0 Å². The Kier molecular flexibility index (Phi) is 10.0. The lowest BCUT2D eigenvalue weighted by Crippen LogP contribution is -2.48. The van der Waals surface area contributed by atoms with Gasteiger partial charge < -0.3 is 15.0 Å². The van der Waals surface area contributed by atoms with Crippen LogP contribution in [0.2, 0.25) is 5.02 Å². The third-order valence-corrected chi connectivity index (χ3v) is 14.0. The van der Waals surface area contributed by atoms with Gasteiger partial charge in [0, 0.05) is 54.2 Å². The van der Waals surface area contributed by atoms with Gasteiger partial charge in [0.1, 0.15) is 29.2 Å². The highest BCUT2D eigenvalue weighted by molar-refractivity contribution is 7.15. The minimum atomic E-state index is -0.145. The fourth-order valence-electron chi connectivity index (χ4n) is 9.22. The molecule has 2 aliphatic heterocycles. The smallest absolute Gasteiger partial charge is 0.254 e. The van der Waals surface area contributed by atoms with Crippen LogP contribution in [-0.4, -0.2) is 66.6 Å². The average molecular weight is 801 g/mol. The Morgan fingerprint density at radius 1 is 1.02 bits per heavy atom. The molecule has 2 aliphatic carbocycles. The van der Waals surface area contributed by atoms with Gasteiger partial charge in [-0.25, -0.2) is 9.97 Å². The Morgan fingerprint density at radius 3 is 2.49 bits per heavy atom. The second-order valence-corrected chi connectivity index (χ2v) is 17.8. The van der Waals surface area contributed by atoms with Crippen LogP contribution in [0.1, 0.15) is 106 Å². The van der Waals surface area contributed by atoms with E-state index in [2.05, 4.69) is 73.2 Å². The molecule has 3 fully saturated rings. The van der Waals surface area contributed by atoms with Gasteiger partial charge in [0.2, 0.25) is 5.95 Å². The number of nitrogens with one attached hydrogen (secondary N) is 1. The lowest BCUT2D eigenvalue weighted by atomic mass is 9.56. The third kappa shape index (κ3) is 7.41. The molecule has 57 heavy (non-hydrogen) atoms. The summed E-state index contributed by atoms with van der Waals surface area (Å²) in [5, 5.41) is 22.5. The fraction of sp³-hybridized carbons (Fsp3) is 0.442. The second-order valence-electron chi connectivity index (χ2n) is 16.2. The number of piperidine rings is 1. The van der Waals surface area contributed by atoms with Crippen molar-refractivity contribution in [3.8, 4) is 16.8 Å². The van der Waals surface area contributed by atoms with Crippen LogP contribution in [-0.2, 0) is 13.0 Å². The van der Waals surface area contributed by atoms with Gasteiger partial charge in [0.15, 0.2) is 5.82 Å². The molecule has 292 valence electrons. The van der Waals surface area contributed by atoms with Crippen molar-refractivity contribution in [3.63, 3.8) is 0 Å². The number of amides is 1. The Hall–Kier alpha value is -5.19. The molecule has 6 heterocycles. The molecule has 1 N–H and O–H groups in total. The number of carbonyl (C=O) groups is 1. The number of hydrogen-bond donors (Lipinski definition) is 1. The number of aromatic nitrogens is 6. The van der Waals surface area contributed by atoms with Crippen LogP contribution in [0, 0.1) is 43.4 Å². The van der Waals surface area contributed by atoms with E-state index in [1.807, 2.05) is 6.92 Å². The first kappa shape index (κ1) is 37.4. The summed E-state index contributed by atoms with van der Waals surface area (Å²) in [4.78, 5) is 35.8. The third-order valence-electron chi connectivity index (χ3n) is 12.5. The van der Waals surface area contributed by atoms with Gasteiger partial charge in [-0.2, -0.15) is 5.26 Å². The number of benzene rings is 1. The standard InChI is InChI=1S/C43H45ClN10O2S/c1-25-26(2)57-41-38(25)39(47-24-37-52-51-27(3)54(37)41)36-11-4-28(21-46-36)16-29-18-43(19-29)12-14-53(15-13-43)42-48-22-31(23-49-42)40(55)50-32-6-9-33(10-7-32)56-34-8-5-30(20-45)35(44)17-34/h4-5,8,11,17,21-23,29,32-33H,6-7,9-10,12-16,18-19,24H2,1-3H3,(H,50,55). The number of pyridine rings is 1. The van der Waals surface area contributed by atoms with E-state index in [1.54, 1.807) is 41.9 Å². The summed E-state index contributed by atoms with van der Waals surface area (Å²) in [7, 11) is 0. The van der Waals surface area contributed by atoms with Gasteiger partial charge in [-0.05, 0) is 119 Å². The Morgan fingerprint density at radius 2 is 1.79 bits per heavy atom. The number of anilines is 1. The predicted octanol–water partition coefficient (Wildman–Crippen LogP) is 7.67. The number of fused-ring (bicyclic) bond motifs is 3. The average Bonchev–Trinajstić information content (AvgIpc) is 3.66. The Labute approximate surface area is 341 Å². The highest BCUT2D eigenvalue weighted by atomic mass is 35.5. The van der Waals surface area contributed by atoms with Crippen molar-refractivity contribution in [2.75, 3.05) is 18.0 Å². The maximum atomic E-state index is 13.1. The number of ether oxygens (including phenoxy) is 1. The zero-order valence-corrected chi connectivity index (χ0v) is 34.0. The van der Waals surface area contributed by atoms with Crippen molar-refractivity contribution in [2.24, 2.45) is 16.3 Å². The number of nitriles is 1. The lowest BCUT2D eigenvalue weighted by Gasteiger charge is -2.52. The first-order valence-corrected chi connectivity index (χ1v) is 21.1. The summed E-state index contributed by atoms with van der Waals surface area (Å²) in [6.45, 7) is 8.66. The molecule has 4 aromatic heterocycles. The minimum Gasteiger partial charge on any atom is -0.490 e. The molecule has 1 saturated heterocycles. The summed E-state index contributed by atoms with van der Waals surface area (Å²) in [6.07, 6.45) is 14.5. The molecule has 0 bridgehead atoms. The number of thiophene rings is 1. The van der Waals surface area contributed by atoms with Crippen LogP contribution in [0.25, 0.3) is 5.00 Å². The van der Waals surface area contributed by atoms with Gasteiger partial charge in [-0.15, -0.1) is 21.5 Å². The van der Waals surface area contributed by atoms with Gasteiger partial charge in [-0.1, -0.05) is 17.7 Å². The maximum absolute atomic E-state index is 13.1. The first-order chi connectivity index (χ1) is 27.6. The van der Waals surface area contributed by atoms with E-state index in [1.165, 1.54) is 28.8 Å². The van der Waals surface area contributed by atoms with Crippen LogP contribution in [0.15, 0.2) is 53.9 Å². The molecule has 14 heteroatoms. The summed E-state index contributed by atoms with van der Waals surface area (Å²) in [5.41, 5.74) is 6.81. The van der Waals surface area contributed by atoms with Crippen molar-refractivity contribution >= 4 is 40.5 Å². The largest absolute Gasteiger partial charge is 0.490 e. The van der Waals surface area contributed by atoms with E-state index in [0.29, 0.717) is 45.7 Å². The summed E-state index contributed by atoms with van der Waals surface area (Å²) < 4.78 is 8.25. The van der Waals surface area contributed by atoms with Crippen molar-refractivity contribution < 1.29 is 9.53 Å². The van der Waals surface area contributed by atoms with Gasteiger partial charge in [0.25, 0.3) is 5.91 Å². The molecule has 5 aromatic rings. The van der Waals surface area contributed by atoms with E-state index < -0.39 is 0 Å². The SMILES string of the molecule is Cc1sc2c(c1C)C(c1ccc(CC3CC4(CCN(c5ncc(C(=O)NC6CCC(Oc7ccc(C#N)c(Cl)c7)CC6)cn5)CC4)C3)cn1)=NCc1nnc(C)n1-2. The molecule has 1 aromatic carbocycles. The summed E-state index contributed by atoms with van der Waals surface area (Å²) >= 11 is 7.93. The highest BCUT2D eigenvalue weighted by Crippen LogP contribution is 2.53. The zero-order chi connectivity index (χ0) is 39.3. The topological polar surface area (TPSA) is 147 Å². The van der Waals surface area contributed by atoms with E-state index in [9.17, 15) is 4.79 Å². The molecule has 12 nitrogen and oxygen atoms in total. The number of aliphatic imine (C=N–C) groups is 1. The Balaban J connectivity index is 0.730. The maximum Gasteiger partial charge on any atom is 0.254 e. The van der Waals surface area contributed by atoms with Crippen molar-refractivity contribution in [2.45, 2.75) is 97.2 Å². The summed E-state index contributed by atoms with van der Waals surface area (Å²) in [6, 6.07) is 11.7. The molecule has 0 unspecified atom stereocenters. The molecule has 2 saturated carbocycles. The molecular weight excluding hydrogens is 756 g/mol. The normalized spacial score (nSPS) is 20.1. The molecular formula is C43H45ClN10O2S. The Bertz CT molecular complexity index is 2380. The lowest BCUT2D eigenvalue weighted by molar-refractivity contribution is 0.0280. The number of aryl methyl sites for hydroxylation is 2. The predicted molar refractivity (Wildman–Crippen MR) is 220 cm³/mol. The minimum absolute atomic E-state index is 0.0443. The van der Waals surface area contributed by atoms with E-state index in [-0.39, 0.29) is 18.1 Å². The number of rotatable bonds is 8. The summed E-state index contributed by atoms with van der Waals surface area (Å²) in [5.74, 6) is 3.62. The van der Waals surface area contributed by atoms with Gasteiger partial charge in [-0.3, -0.25) is 19.3 Å². The number of nitrogens with zero attached hydrogens (tertiary/aromatic N) is 9. The first-order valence-electron chi connectivity index (χ1n) is 19.9. The quantitative estimate of drug-likeness (QED) is 0.167. The fourth-order valence-corrected chi connectivity index (χ4v) is 10.7. The molecule has 1 spiro atoms. The van der Waals surface area contributed by atoms with Crippen molar-refractivity contribution in [1.29, 1.82) is 5.26 Å². The molecule has 0 radical (unpaired) electrons. The van der Waals surface area contributed by atoms with Crippen LogP contribution in [0.4, 0.5) is 5.95 Å². The van der Waals surface area contributed by atoms with E-state index >= 15 is 0 Å². The van der Waals surface area contributed by atoms with Crippen LogP contribution < -0.4 is 15.0 Å². The molecule has 0 atom stereocenters. The van der Waals surface area contributed by atoms with Gasteiger partial charge in [0.05, 0.1) is 33.7 Å². The molecule has 1 amide bonds. The molecule has 4 aliphatic rings. The molecule has 9 rings (SSSR count). The van der Waals surface area contributed by atoms with Crippen LogP contribution >= 0.6 is 22.9 Å². The number of halogens is 1. The van der Waals surface area contributed by atoms with E-state index in [0.717, 1.165) is 91.7 Å². The number of carbonyl (C=O) groups excluding carboxylic acids is 1.